The molecule has 0 aliphatic carbocycles. The van der Waals surface area contributed by atoms with Crippen LogP contribution in [0.15, 0.2) is 47.4 Å². The van der Waals surface area contributed by atoms with Gasteiger partial charge in [0.05, 0.1) is 10.6 Å². The summed E-state index contributed by atoms with van der Waals surface area (Å²) >= 11 is 0. The van der Waals surface area contributed by atoms with Crippen molar-refractivity contribution < 1.29 is 33.0 Å². The number of hydrogen-bond acceptors (Lipinski definition) is 6. The van der Waals surface area contributed by atoms with Crippen molar-refractivity contribution in [2.24, 2.45) is 0 Å². The molecule has 11 heteroatoms. The van der Waals surface area contributed by atoms with Gasteiger partial charge in [0.25, 0.3) is 0 Å². The number of amides is 2. The second kappa shape index (κ2) is 16.7. The van der Waals surface area contributed by atoms with Crippen LogP contribution in [-0.2, 0) is 19.4 Å². The third-order valence-electron chi connectivity index (χ3n) is 5.54. The molecule has 1 aliphatic heterocycles. The van der Waals surface area contributed by atoms with E-state index in [-0.39, 0.29) is 17.8 Å². The maximum absolute atomic E-state index is 12.5. The van der Waals surface area contributed by atoms with Crippen LogP contribution < -0.4 is 5.32 Å². The van der Waals surface area contributed by atoms with Gasteiger partial charge in [0.15, 0.2) is 9.84 Å². The minimum Gasteiger partial charge on any atom is -0.478 e. The minimum atomic E-state index is -3.30. The topological polar surface area (TPSA) is 144 Å². The number of carbonyl (C=O) groups is 3. The molecule has 1 fully saturated rings. The van der Waals surface area contributed by atoms with Gasteiger partial charge < -0.3 is 25.3 Å². The molecule has 3 N–H and O–H groups in total. The van der Waals surface area contributed by atoms with Crippen molar-refractivity contribution >= 4 is 27.8 Å². The van der Waals surface area contributed by atoms with Crippen LogP contribution in [-0.4, -0.2) is 90.9 Å². The summed E-state index contributed by atoms with van der Waals surface area (Å²) in [5.41, 5.74) is 0. The summed E-state index contributed by atoms with van der Waals surface area (Å²) in [5, 5.41) is 18.6. The van der Waals surface area contributed by atoms with Gasteiger partial charge in [-0.25, -0.2) is 22.8 Å². The van der Waals surface area contributed by atoms with Crippen LogP contribution in [0.1, 0.15) is 46.0 Å². The molecule has 0 aromatic heterocycles. The minimum absolute atomic E-state index is 0.0292. The maximum atomic E-state index is 12.5. The largest absolute Gasteiger partial charge is 0.478 e. The molecular formula is C25H39N3O7S. The van der Waals surface area contributed by atoms with E-state index in [1.807, 2.05) is 13.8 Å². The molecule has 2 rings (SSSR count). The van der Waals surface area contributed by atoms with Crippen molar-refractivity contribution in [1.82, 2.24) is 15.1 Å². The van der Waals surface area contributed by atoms with Crippen LogP contribution in [0.4, 0.5) is 4.79 Å². The van der Waals surface area contributed by atoms with Crippen LogP contribution in [0.3, 0.4) is 0 Å². The summed E-state index contributed by atoms with van der Waals surface area (Å²) in [4.78, 5) is 36.1. The van der Waals surface area contributed by atoms with Crippen molar-refractivity contribution in [3.63, 3.8) is 0 Å². The van der Waals surface area contributed by atoms with Crippen molar-refractivity contribution in [1.29, 1.82) is 0 Å². The fourth-order valence-corrected chi connectivity index (χ4v) is 5.01. The first kappa shape index (κ1) is 31.1. The van der Waals surface area contributed by atoms with Gasteiger partial charge in [0.2, 0.25) is 0 Å². The van der Waals surface area contributed by atoms with E-state index in [4.69, 9.17) is 10.2 Å². The van der Waals surface area contributed by atoms with E-state index < -0.39 is 21.8 Å². The van der Waals surface area contributed by atoms with Gasteiger partial charge in [0.1, 0.15) is 0 Å². The molecule has 1 aromatic carbocycles. The number of piperidine rings is 1. The molecule has 0 spiro atoms. The molecule has 0 unspecified atom stereocenters. The molecule has 1 heterocycles. The molecule has 1 saturated heterocycles. The number of likely N-dealkylation sites (tertiary alicyclic amines) is 1. The van der Waals surface area contributed by atoms with Crippen LogP contribution in [0.25, 0.3) is 0 Å². The van der Waals surface area contributed by atoms with Crippen LogP contribution >= 0.6 is 0 Å². The van der Waals surface area contributed by atoms with E-state index in [1.165, 1.54) is 32.4 Å². The SMILES string of the molecule is CC(C)N(CCCS(=O)(=O)c1ccccc1)C(=O)NCCCN1CCCCC1.O=C(O)/C=C\C(=O)O. The van der Waals surface area contributed by atoms with Gasteiger partial charge in [-0.3, -0.25) is 0 Å². The Morgan fingerprint density at radius 3 is 2.11 bits per heavy atom. The number of carboxylic acids is 2. The average molecular weight is 526 g/mol. The number of carboxylic acid groups (broad SMARTS) is 2. The first-order chi connectivity index (χ1) is 17.0. The average Bonchev–Trinajstić information content (AvgIpc) is 2.84. The van der Waals surface area contributed by atoms with E-state index in [9.17, 15) is 22.8 Å². The van der Waals surface area contributed by atoms with Crippen LogP contribution in [0.5, 0.6) is 0 Å². The fourth-order valence-electron chi connectivity index (χ4n) is 3.69. The molecule has 0 saturated carbocycles. The van der Waals surface area contributed by atoms with Gasteiger partial charge >= 0.3 is 18.0 Å². The van der Waals surface area contributed by atoms with E-state index in [0.717, 1.165) is 13.0 Å². The smallest absolute Gasteiger partial charge is 0.328 e. The number of benzene rings is 1. The monoisotopic (exact) mass is 525 g/mol. The Balaban J connectivity index is 0.000000697. The van der Waals surface area contributed by atoms with E-state index in [0.29, 0.717) is 36.6 Å². The molecule has 0 atom stereocenters. The Morgan fingerprint density at radius 2 is 1.58 bits per heavy atom. The zero-order valence-electron chi connectivity index (χ0n) is 21.1. The second-order valence-corrected chi connectivity index (χ2v) is 10.9. The molecule has 10 nitrogen and oxygen atoms in total. The number of urea groups is 1. The molecule has 0 radical (unpaired) electrons. The van der Waals surface area contributed by atoms with Crippen molar-refractivity contribution in [3.05, 3.63) is 42.5 Å². The normalized spacial score (nSPS) is 14.2. The first-order valence-corrected chi connectivity index (χ1v) is 13.9. The fraction of sp³-hybridized carbons (Fsp3) is 0.560. The summed E-state index contributed by atoms with van der Waals surface area (Å²) in [6.45, 7) is 8.36. The Morgan fingerprint density at radius 1 is 1.00 bits per heavy atom. The number of nitrogens with zero attached hydrogens (tertiary/aromatic N) is 2. The summed E-state index contributed by atoms with van der Waals surface area (Å²) < 4.78 is 24.8. The maximum Gasteiger partial charge on any atom is 0.328 e. The van der Waals surface area contributed by atoms with Gasteiger partial charge in [-0.15, -0.1) is 0 Å². The summed E-state index contributed by atoms with van der Waals surface area (Å²) in [6.07, 6.45) is 6.37. The van der Waals surface area contributed by atoms with Gasteiger partial charge in [-0.05, 0) is 71.3 Å². The van der Waals surface area contributed by atoms with E-state index >= 15 is 0 Å². The standard InChI is InChI=1S/C21H35N3O3S.C4H4O4/c1-19(2)24(17-10-18-28(26,27)20-11-5-3-6-12-20)21(25)22-13-9-16-23-14-7-4-8-15-23;5-3(6)1-2-4(7)8/h3,5-6,11-12,19H,4,7-10,13-18H2,1-2H3,(H,22,25);1-2H,(H,5,6)(H,7,8)/b;2-1-. The van der Waals surface area contributed by atoms with E-state index in [2.05, 4.69) is 10.2 Å². The van der Waals surface area contributed by atoms with Crippen molar-refractivity contribution in [2.75, 3.05) is 38.5 Å². The number of carbonyl (C=O) groups excluding carboxylic acids is 1. The number of hydrogen-bond donors (Lipinski definition) is 3. The van der Waals surface area contributed by atoms with E-state index in [1.54, 1.807) is 35.2 Å². The third kappa shape index (κ3) is 13.2. The summed E-state index contributed by atoms with van der Waals surface area (Å²) in [5.74, 6) is -2.47. The molecule has 1 aliphatic rings. The number of aliphatic carboxylic acids is 2. The molecule has 1 aromatic rings. The number of rotatable bonds is 12. The predicted molar refractivity (Wildman–Crippen MR) is 138 cm³/mol. The first-order valence-electron chi connectivity index (χ1n) is 12.2. The van der Waals surface area contributed by atoms with Gasteiger partial charge in [-0.2, -0.15) is 0 Å². The highest BCUT2D eigenvalue weighted by atomic mass is 32.2. The van der Waals surface area contributed by atoms with Crippen LogP contribution in [0.2, 0.25) is 0 Å². The molecule has 202 valence electrons. The highest BCUT2D eigenvalue weighted by molar-refractivity contribution is 7.91. The lowest BCUT2D eigenvalue weighted by atomic mass is 10.1. The van der Waals surface area contributed by atoms with Gasteiger partial charge in [-0.1, -0.05) is 24.6 Å². The summed E-state index contributed by atoms with van der Waals surface area (Å²) in [7, 11) is -3.30. The summed E-state index contributed by atoms with van der Waals surface area (Å²) in [6, 6.07) is 8.41. The highest BCUT2D eigenvalue weighted by Crippen LogP contribution is 2.12. The Bertz CT molecular complexity index is 928. The van der Waals surface area contributed by atoms with Gasteiger partial charge in [0, 0.05) is 31.3 Å². The predicted octanol–water partition coefficient (Wildman–Crippen LogP) is 2.86. The second-order valence-electron chi connectivity index (χ2n) is 8.77. The molecule has 36 heavy (non-hydrogen) atoms. The highest BCUT2D eigenvalue weighted by Gasteiger charge is 2.19. The quantitative estimate of drug-likeness (QED) is 0.279. The van der Waals surface area contributed by atoms with Crippen molar-refractivity contribution in [2.45, 2.75) is 56.9 Å². The Hall–Kier alpha value is -2.92. The lowest BCUT2D eigenvalue weighted by Crippen LogP contribution is -2.45. The Kier molecular flexibility index (Phi) is 14.4. The number of nitrogens with one attached hydrogen (secondary N) is 1. The Labute approximate surface area is 213 Å². The third-order valence-corrected chi connectivity index (χ3v) is 7.36. The number of sulfone groups is 1. The van der Waals surface area contributed by atoms with Crippen molar-refractivity contribution in [3.8, 4) is 0 Å². The zero-order valence-corrected chi connectivity index (χ0v) is 22.0. The molecular weight excluding hydrogens is 486 g/mol. The lowest BCUT2D eigenvalue weighted by Gasteiger charge is -2.28. The molecule has 0 bridgehead atoms. The zero-order chi connectivity index (χ0) is 27.0. The lowest BCUT2D eigenvalue weighted by molar-refractivity contribution is -0.134. The molecule has 2 amide bonds. The van der Waals surface area contributed by atoms with Crippen LogP contribution in [0, 0.1) is 0 Å².